The van der Waals surface area contributed by atoms with Gasteiger partial charge in [-0.15, -0.1) is 0 Å². The molecule has 0 unspecified atom stereocenters. The van der Waals surface area contributed by atoms with Crippen molar-refractivity contribution >= 4 is 20.6 Å². The van der Waals surface area contributed by atoms with Gasteiger partial charge in [0.05, 0.1) is 0 Å². The van der Waals surface area contributed by atoms with E-state index in [2.05, 4.69) is 5.82 Å². The van der Waals surface area contributed by atoms with Crippen LogP contribution in [0.25, 0.3) is 0 Å². The number of hydrogen-bond acceptors (Lipinski definition) is 2. The normalized spacial score (nSPS) is 9.75. The Balaban J connectivity index is 3.00. The van der Waals surface area contributed by atoms with Gasteiger partial charge in [-0.05, 0) is 0 Å². The summed E-state index contributed by atoms with van der Waals surface area (Å²) in [7, 11) is 0. The van der Waals surface area contributed by atoms with Crippen molar-refractivity contribution in [2.75, 3.05) is 0 Å². The SMILES string of the molecule is C[Se]Cc1ccccc1[N+](=O)[O-]. The Bertz CT molecular complexity index is 288. The van der Waals surface area contributed by atoms with Gasteiger partial charge < -0.3 is 0 Å². The topological polar surface area (TPSA) is 43.1 Å². The van der Waals surface area contributed by atoms with Crippen molar-refractivity contribution < 1.29 is 4.92 Å². The summed E-state index contributed by atoms with van der Waals surface area (Å²) >= 11 is 0.451. The zero-order valence-corrected chi connectivity index (χ0v) is 8.40. The molecule has 0 aromatic heterocycles. The Labute approximate surface area is 77.1 Å². The molecule has 1 aromatic carbocycles. The molecule has 0 aliphatic rings. The summed E-state index contributed by atoms with van der Waals surface area (Å²) in [6.45, 7) is 0. The van der Waals surface area contributed by atoms with Crippen molar-refractivity contribution in [2.24, 2.45) is 0 Å². The standard InChI is InChI=1S/C8H9NO2Se/c1-12-6-7-4-2-3-5-8(7)9(10)11/h2-5H,6H2,1H3. The molecule has 64 valence electrons. The fourth-order valence-electron chi connectivity index (χ4n) is 0.966. The number of benzene rings is 1. The van der Waals surface area contributed by atoms with Crippen molar-refractivity contribution in [3.8, 4) is 0 Å². The van der Waals surface area contributed by atoms with Crippen LogP contribution in [0.2, 0.25) is 5.82 Å². The summed E-state index contributed by atoms with van der Waals surface area (Å²) in [6.07, 6.45) is 0. The Morgan fingerprint density at radius 2 is 2.17 bits per heavy atom. The predicted octanol–water partition coefficient (Wildman–Crippen LogP) is 1.85. The molecule has 0 fully saturated rings. The molecule has 0 aliphatic heterocycles. The third-order valence-electron chi connectivity index (χ3n) is 1.49. The van der Waals surface area contributed by atoms with Gasteiger partial charge in [-0.2, -0.15) is 0 Å². The summed E-state index contributed by atoms with van der Waals surface area (Å²) in [5.74, 6) is 2.07. The van der Waals surface area contributed by atoms with Crippen LogP contribution in [0.3, 0.4) is 0 Å². The van der Waals surface area contributed by atoms with Gasteiger partial charge in [0.25, 0.3) is 0 Å². The van der Waals surface area contributed by atoms with Crippen LogP contribution in [-0.2, 0) is 5.32 Å². The zero-order valence-electron chi connectivity index (χ0n) is 6.69. The zero-order chi connectivity index (χ0) is 8.97. The quantitative estimate of drug-likeness (QED) is 0.451. The van der Waals surface area contributed by atoms with Crippen molar-refractivity contribution in [1.29, 1.82) is 0 Å². The second-order valence-electron chi connectivity index (χ2n) is 2.32. The molecule has 0 N–H and O–H groups in total. The Morgan fingerprint density at radius 3 is 2.75 bits per heavy atom. The number of hydrogen-bond donors (Lipinski definition) is 0. The second-order valence-corrected chi connectivity index (χ2v) is 4.14. The van der Waals surface area contributed by atoms with Crippen molar-refractivity contribution in [3.05, 3.63) is 39.9 Å². The minimum absolute atomic E-state index is 0.251. The summed E-state index contributed by atoms with van der Waals surface area (Å²) in [5.41, 5.74) is 1.10. The summed E-state index contributed by atoms with van der Waals surface area (Å²) in [5, 5.41) is 11.3. The van der Waals surface area contributed by atoms with Crippen molar-refractivity contribution in [3.63, 3.8) is 0 Å². The van der Waals surface area contributed by atoms with Crippen LogP contribution < -0.4 is 0 Å². The molecule has 0 amide bonds. The van der Waals surface area contributed by atoms with Crippen LogP contribution in [-0.4, -0.2) is 19.9 Å². The van der Waals surface area contributed by atoms with Gasteiger partial charge in [0.1, 0.15) is 0 Å². The van der Waals surface area contributed by atoms with E-state index in [4.69, 9.17) is 0 Å². The van der Waals surface area contributed by atoms with Gasteiger partial charge in [0, 0.05) is 0 Å². The van der Waals surface area contributed by atoms with Crippen molar-refractivity contribution in [1.82, 2.24) is 0 Å². The van der Waals surface area contributed by atoms with E-state index in [1.54, 1.807) is 12.1 Å². The van der Waals surface area contributed by atoms with Gasteiger partial charge in [-0.25, -0.2) is 0 Å². The first-order valence-corrected chi connectivity index (χ1v) is 6.39. The van der Waals surface area contributed by atoms with Gasteiger partial charge in [-0.3, -0.25) is 0 Å². The third kappa shape index (κ3) is 2.06. The Kier molecular flexibility index (Phi) is 3.26. The molecule has 3 nitrogen and oxygen atoms in total. The first-order valence-electron chi connectivity index (χ1n) is 3.47. The molecular weight excluding hydrogens is 221 g/mol. The Morgan fingerprint density at radius 1 is 1.50 bits per heavy atom. The van der Waals surface area contributed by atoms with Crippen LogP contribution in [0.5, 0.6) is 0 Å². The van der Waals surface area contributed by atoms with Crippen LogP contribution in [0.1, 0.15) is 5.56 Å². The third-order valence-corrected chi connectivity index (χ3v) is 2.75. The molecule has 4 heteroatoms. The average molecular weight is 230 g/mol. The molecule has 0 atom stereocenters. The van der Waals surface area contributed by atoms with Crippen molar-refractivity contribution in [2.45, 2.75) is 11.1 Å². The number of nitrogens with zero attached hydrogens (tertiary/aromatic N) is 1. The fourth-order valence-corrected chi connectivity index (χ4v) is 2.13. The van der Waals surface area contributed by atoms with Gasteiger partial charge in [0.15, 0.2) is 0 Å². The molecule has 0 heterocycles. The molecule has 12 heavy (non-hydrogen) atoms. The van der Waals surface area contributed by atoms with E-state index in [-0.39, 0.29) is 10.6 Å². The van der Waals surface area contributed by atoms with Crippen LogP contribution in [0.15, 0.2) is 24.3 Å². The van der Waals surface area contributed by atoms with Crippen LogP contribution in [0.4, 0.5) is 5.69 Å². The number of nitro groups is 1. The summed E-state index contributed by atoms with van der Waals surface area (Å²) in [6, 6.07) is 6.92. The number of para-hydroxylation sites is 1. The molecule has 0 spiro atoms. The van der Waals surface area contributed by atoms with E-state index >= 15 is 0 Å². The van der Waals surface area contributed by atoms with E-state index in [9.17, 15) is 10.1 Å². The van der Waals surface area contributed by atoms with E-state index in [1.165, 1.54) is 0 Å². The van der Waals surface area contributed by atoms with Crippen LogP contribution in [0, 0.1) is 10.1 Å². The van der Waals surface area contributed by atoms with Gasteiger partial charge >= 0.3 is 76.7 Å². The molecule has 0 radical (unpaired) electrons. The first kappa shape index (κ1) is 9.23. The summed E-state index contributed by atoms with van der Waals surface area (Å²) in [4.78, 5) is 10.2. The molecule has 0 bridgehead atoms. The molecule has 1 aromatic rings. The van der Waals surface area contributed by atoms with Gasteiger partial charge in [0.2, 0.25) is 0 Å². The summed E-state index contributed by atoms with van der Waals surface area (Å²) < 4.78 is 0. The Hall–Kier alpha value is -0.861. The minimum atomic E-state index is -0.318. The fraction of sp³-hybridized carbons (Fsp3) is 0.250. The molecule has 1 rings (SSSR count). The molecule has 0 saturated carbocycles. The average Bonchev–Trinajstić information content (AvgIpc) is 2.05. The maximum absolute atomic E-state index is 10.5. The van der Waals surface area contributed by atoms with E-state index in [1.807, 2.05) is 12.1 Å². The molecule has 0 aliphatic carbocycles. The van der Waals surface area contributed by atoms with E-state index < -0.39 is 0 Å². The first-order chi connectivity index (χ1) is 5.75. The number of nitro benzene ring substituents is 1. The van der Waals surface area contributed by atoms with E-state index in [0.29, 0.717) is 15.0 Å². The van der Waals surface area contributed by atoms with Gasteiger partial charge in [-0.1, -0.05) is 0 Å². The molecular formula is C8H9NO2Se. The molecule has 0 saturated heterocycles. The monoisotopic (exact) mass is 231 g/mol. The maximum atomic E-state index is 10.5. The predicted molar refractivity (Wildman–Crippen MR) is 48.4 cm³/mol. The van der Waals surface area contributed by atoms with Crippen LogP contribution >= 0.6 is 0 Å². The van der Waals surface area contributed by atoms with E-state index in [0.717, 1.165) is 10.9 Å². The number of rotatable bonds is 3. The second kappa shape index (κ2) is 4.24.